The minimum Gasteiger partial charge on any atom is -0.504 e. The average molecular weight is 226 g/mol. The van der Waals surface area contributed by atoms with Gasteiger partial charge in [-0.15, -0.1) is 0 Å². The molecule has 16 heavy (non-hydrogen) atoms. The Hall–Kier alpha value is -1.75. The zero-order chi connectivity index (χ0) is 12.1. The predicted molar refractivity (Wildman–Crippen MR) is 56.8 cm³/mol. The second-order valence-corrected chi connectivity index (χ2v) is 3.27. The van der Waals surface area contributed by atoms with Crippen molar-refractivity contribution in [1.29, 1.82) is 0 Å². The van der Waals surface area contributed by atoms with Crippen LogP contribution in [-0.2, 0) is 16.0 Å². The second kappa shape index (κ2) is 5.37. The van der Waals surface area contributed by atoms with Gasteiger partial charge in [-0.05, 0) is 17.7 Å². The number of hydrogen-bond donors (Lipinski definition) is 2. The number of rotatable bonds is 5. The van der Waals surface area contributed by atoms with E-state index in [0.29, 0.717) is 11.3 Å². The first-order chi connectivity index (χ1) is 7.58. The van der Waals surface area contributed by atoms with Gasteiger partial charge in [-0.3, -0.25) is 0 Å². The van der Waals surface area contributed by atoms with Gasteiger partial charge < -0.3 is 19.7 Å². The maximum absolute atomic E-state index is 10.7. The molecule has 0 heterocycles. The van der Waals surface area contributed by atoms with Crippen LogP contribution < -0.4 is 4.74 Å². The van der Waals surface area contributed by atoms with Gasteiger partial charge in [0.1, 0.15) is 0 Å². The first kappa shape index (κ1) is 12.3. The molecule has 1 atom stereocenters. The minimum absolute atomic E-state index is 0.0137. The van der Waals surface area contributed by atoms with Crippen LogP contribution >= 0.6 is 0 Å². The smallest absolute Gasteiger partial charge is 0.333 e. The number of benzene rings is 1. The molecule has 1 rings (SSSR count). The Morgan fingerprint density at radius 2 is 2.12 bits per heavy atom. The lowest BCUT2D eigenvalue weighted by molar-refractivity contribution is -0.148. The molecule has 5 nitrogen and oxygen atoms in total. The van der Waals surface area contributed by atoms with Gasteiger partial charge in [0.25, 0.3) is 0 Å². The summed E-state index contributed by atoms with van der Waals surface area (Å²) in [5, 5.41) is 18.3. The topological polar surface area (TPSA) is 76.0 Å². The molecular weight excluding hydrogens is 212 g/mol. The highest BCUT2D eigenvalue weighted by atomic mass is 16.5. The van der Waals surface area contributed by atoms with Crippen LogP contribution in [0.3, 0.4) is 0 Å². The maximum atomic E-state index is 10.7. The van der Waals surface area contributed by atoms with Crippen molar-refractivity contribution in [3.8, 4) is 11.5 Å². The maximum Gasteiger partial charge on any atom is 0.333 e. The van der Waals surface area contributed by atoms with Gasteiger partial charge in [0.15, 0.2) is 17.6 Å². The number of aromatic hydroxyl groups is 1. The van der Waals surface area contributed by atoms with Gasteiger partial charge in [0.2, 0.25) is 0 Å². The van der Waals surface area contributed by atoms with Crippen molar-refractivity contribution in [2.75, 3.05) is 14.2 Å². The zero-order valence-corrected chi connectivity index (χ0v) is 9.14. The largest absolute Gasteiger partial charge is 0.504 e. The molecule has 0 aliphatic rings. The highest BCUT2D eigenvalue weighted by Crippen LogP contribution is 2.26. The predicted octanol–water partition coefficient (Wildman–Crippen LogP) is 1.04. The number of carboxylic acids is 1. The summed E-state index contributed by atoms with van der Waals surface area (Å²) in [7, 11) is 2.78. The lowest BCUT2D eigenvalue weighted by atomic mass is 10.1. The lowest BCUT2D eigenvalue weighted by Crippen LogP contribution is -2.24. The monoisotopic (exact) mass is 226 g/mol. The molecule has 0 radical (unpaired) electrons. The second-order valence-electron chi connectivity index (χ2n) is 3.27. The van der Waals surface area contributed by atoms with Crippen LogP contribution in [0, 0.1) is 0 Å². The van der Waals surface area contributed by atoms with E-state index in [0.717, 1.165) is 0 Å². The van der Waals surface area contributed by atoms with Crippen molar-refractivity contribution in [3.05, 3.63) is 23.8 Å². The van der Waals surface area contributed by atoms with Gasteiger partial charge in [-0.25, -0.2) is 4.79 Å². The number of carbonyl (C=O) groups is 1. The van der Waals surface area contributed by atoms with Crippen LogP contribution in [0.5, 0.6) is 11.5 Å². The lowest BCUT2D eigenvalue weighted by Gasteiger charge is -2.11. The van der Waals surface area contributed by atoms with Gasteiger partial charge in [0, 0.05) is 13.5 Å². The summed E-state index contributed by atoms with van der Waals surface area (Å²) in [6, 6.07) is 4.74. The zero-order valence-electron chi connectivity index (χ0n) is 9.14. The SMILES string of the molecule is COc1ccc(C[C@H](OC)C(=O)O)cc1O. The molecule has 2 N–H and O–H groups in total. The van der Waals surface area contributed by atoms with E-state index >= 15 is 0 Å². The van der Waals surface area contributed by atoms with Crippen LogP contribution in [0.15, 0.2) is 18.2 Å². The fourth-order valence-corrected chi connectivity index (χ4v) is 1.35. The Balaban J connectivity index is 2.81. The summed E-state index contributed by atoms with van der Waals surface area (Å²) >= 11 is 0. The standard InChI is InChI=1S/C11H14O5/c1-15-9-4-3-7(5-8(9)12)6-10(16-2)11(13)14/h3-5,10,12H,6H2,1-2H3,(H,13,14)/t10-/m0/s1. The van der Waals surface area contributed by atoms with E-state index in [-0.39, 0.29) is 12.2 Å². The van der Waals surface area contributed by atoms with Crippen molar-refractivity contribution < 1.29 is 24.5 Å². The third-order valence-corrected chi connectivity index (χ3v) is 2.22. The van der Waals surface area contributed by atoms with Crippen molar-refractivity contribution in [2.24, 2.45) is 0 Å². The van der Waals surface area contributed by atoms with Crippen molar-refractivity contribution >= 4 is 5.97 Å². The van der Waals surface area contributed by atoms with E-state index in [1.54, 1.807) is 12.1 Å². The quantitative estimate of drug-likeness (QED) is 0.784. The molecule has 0 unspecified atom stereocenters. The minimum atomic E-state index is -1.03. The van der Waals surface area contributed by atoms with E-state index in [9.17, 15) is 9.90 Å². The van der Waals surface area contributed by atoms with Gasteiger partial charge in [0.05, 0.1) is 7.11 Å². The van der Waals surface area contributed by atoms with Crippen LogP contribution in [-0.4, -0.2) is 36.5 Å². The Morgan fingerprint density at radius 1 is 1.44 bits per heavy atom. The van der Waals surface area contributed by atoms with E-state index < -0.39 is 12.1 Å². The van der Waals surface area contributed by atoms with E-state index in [2.05, 4.69) is 0 Å². The van der Waals surface area contributed by atoms with Crippen LogP contribution in [0.4, 0.5) is 0 Å². The van der Waals surface area contributed by atoms with Crippen LogP contribution in [0.25, 0.3) is 0 Å². The molecule has 0 amide bonds. The van der Waals surface area contributed by atoms with Crippen LogP contribution in [0.2, 0.25) is 0 Å². The third-order valence-electron chi connectivity index (χ3n) is 2.22. The Bertz CT molecular complexity index is 375. The van der Waals surface area contributed by atoms with Gasteiger partial charge >= 0.3 is 5.97 Å². The summed E-state index contributed by atoms with van der Waals surface area (Å²) in [5.41, 5.74) is 0.674. The van der Waals surface area contributed by atoms with E-state index in [1.807, 2.05) is 0 Å². The molecule has 0 fully saturated rings. The number of methoxy groups -OCH3 is 2. The van der Waals surface area contributed by atoms with Crippen molar-refractivity contribution in [3.63, 3.8) is 0 Å². The fourth-order valence-electron chi connectivity index (χ4n) is 1.35. The number of ether oxygens (including phenoxy) is 2. The number of hydrogen-bond acceptors (Lipinski definition) is 4. The number of phenolic OH excluding ortho intramolecular Hbond substituents is 1. The van der Waals surface area contributed by atoms with E-state index in [1.165, 1.54) is 20.3 Å². The van der Waals surface area contributed by atoms with Crippen LogP contribution in [0.1, 0.15) is 5.56 Å². The molecule has 0 aromatic heterocycles. The molecule has 0 spiro atoms. The molecule has 88 valence electrons. The molecule has 0 saturated heterocycles. The number of carboxylic acid groups (broad SMARTS) is 1. The highest BCUT2D eigenvalue weighted by molar-refractivity contribution is 5.72. The number of phenols is 1. The molecule has 5 heteroatoms. The summed E-state index contributed by atoms with van der Waals surface area (Å²) < 4.78 is 9.68. The molecule has 0 aliphatic carbocycles. The molecule has 0 saturated carbocycles. The average Bonchev–Trinajstić information content (AvgIpc) is 2.25. The van der Waals surface area contributed by atoms with Gasteiger partial charge in [-0.1, -0.05) is 6.07 Å². The molecule has 1 aromatic rings. The van der Waals surface area contributed by atoms with Crippen molar-refractivity contribution in [2.45, 2.75) is 12.5 Å². The third kappa shape index (κ3) is 2.87. The Kier molecular flexibility index (Phi) is 4.13. The summed E-state index contributed by atoms with van der Waals surface area (Å²) in [6.07, 6.45) is -0.712. The first-order valence-corrected chi connectivity index (χ1v) is 4.70. The molecule has 1 aromatic carbocycles. The number of aliphatic carboxylic acids is 1. The Morgan fingerprint density at radius 3 is 2.56 bits per heavy atom. The fraction of sp³-hybridized carbons (Fsp3) is 0.364. The van der Waals surface area contributed by atoms with Crippen molar-refractivity contribution in [1.82, 2.24) is 0 Å². The Labute approximate surface area is 93.2 Å². The summed E-state index contributed by atoms with van der Waals surface area (Å²) in [4.78, 5) is 10.7. The highest BCUT2D eigenvalue weighted by Gasteiger charge is 2.17. The summed E-state index contributed by atoms with van der Waals surface area (Å²) in [6.45, 7) is 0. The molecular formula is C11H14O5. The molecule has 0 aliphatic heterocycles. The van der Waals surface area contributed by atoms with E-state index in [4.69, 9.17) is 14.6 Å². The van der Waals surface area contributed by atoms with Gasteiger partial charge in [-0.2, -0.15) is 0 Å². The normalized spacial score (nSPS) is 12.1. The molecule has 0 bridgehead atoms. The first-order valence-electron chi connectivity index (χ1n) is 4.70. The summed E-state index contributed by atoms with van der Waals surface area (Å²) in [5.74, 6) is -0.689.